The van der Waals surface area contributed by atoms with Gasteiger partial charge in [0.1, 0.15) is 6.10 Å². The molecule has 124 valence electrons. The van der Waals surface area contributed by atoms with Crippen molar-refractivity contribution in [2.24, 2.45) is 5.73 Å². The predicted molar refractivity (Wildman–Crippen MR) is 81.8 cm³/mol. The van der Waals surface area contributed by atoms with E-state index in [2.05, 4.69) is 5.32 Å². The van der Waals surface area contributed by atoms with E-state index >= 15 is 0 Å². The van der Waals surface area contributed by atoms with Gasteiger partial charge in [0.15, 0.2) is 0 Å². The fraction of sp³-hybridized carbons (Fsp3) is 0.917. The average Bonchev–Trinajstić information content (AvgIpc) is 2.87. The van der Waals surface area contributed by atoms with Crippen LogP contribution in [0, 0.1) is 0 Å². The standard InChI is InChI=1S/C12H23N3O4S.ClH/c1-20(17,18)15-6-2-3-9(8-15)14-12(16)11-5-4-10(7-13)19-11;/h9-11H,2-8,13H2,1H3,(H,14,16);1H/t9?,10-,11+;/m1./s1. The molecule has 9 heteroatoms. The smallest absolute Gasteiger partial charge is 0.249 e. The van der Waals surface area contributed by atoms with E-state index in [1.165, 1.54) is 10.6 Å². The predicted octanol–water partition coefficient (Wildman–Crippen LogP) is -0.545. The van der Waals surface area contributed by atoms with E-state index in [-0.39, 0.29) is 30.5 Å². The highest BCUT2D eigenvalue weighted by Gasteiger charge is 2.33. The number of hydrogen-bond acceptors (Lipinski definition) is 5. The van der Waals surface area contributed by atoms with Crippen molar-refractivity contribution >= 4 is 28.3 Å². The number of nitrogens with zero attached hydrogens (tertiary/aromatic N) is 1. The van der Waals surface area contributed by atoms with E-state index in [1.807, 2.05) is 0 Å². The van der Waals surface area contributed by atoms with E-state index < -0.39 is 16.1 Å². The van der Waals surface area contributed by atoms with Crippen LogP contribution in [0.25, 0.3) is 0 Å². The first kappa shape index (κ1) is 18.6. The maximum Gasteiger partial charge on any atom is 0.249 e. The molecule has 0 aromatic rings. The van der Waals surface area contributed by atoms with E-state index in [0.717, 1.165) is 19.3 Å². The second-order valence-electron chi connectivity index (χ2n) is 5.53. The zero-order chi connectivity index (χ0) is 14.8. The molecule has 1 unspecified atom stereocenters. The molecule has 0 spiro atoms. The van der Waals surface area contributed by atoms with Crippen LogP contribution in [0.15, 0.2) is 0 Å². The lowest BCUT2D eigenvalue weighted by molar-refractivity contribution is -0.132. The molecule has 3 N–H and O–H groups in total. The van der Waals surface area contributed by atoms with Crippen LogP contribution in [0.5, 0.6) is 0 Å². The number of piperidine rings is 1. The first-order valence-corrected chi connectivity index (χ1v) is 8.86. The Labute approximate surface area is 132 Å². The molecule has 2 aliphatic rings. The summed E-state index contributed by atoms with van der Waals surface area (Å²) in [6.45, 7) is 1.30. The lowest BCUT2D eigenvalue weighted by Crippen LogP contribution is -2.51. The minimum Gasteiger partial charge on any atom is -0.364 e. The highest BCUT2D eigenvalue weighted by molar-refractivity contribution is 7.88. The maximum atomic E-state index is 12.1. The third-order valence-corrected chi connectivity index (χ3v) is 5.13. The van der Waals surface area contributed by atoms with Crippen LogP contribution in [0.4, 0.5) is 0 Å². The number of halogens is 1. The summed E-state index contributed by atoms with van der Waals surface area (Å²) in [7, 11) is -3.19. The van der Waals surface area contributed by atoms with Gasteiger partial charge in [0.2, 0.25) is 15.9 Å². The van der Waals surface area contributed by atoms with E-state index in [4.69, 9.17) is 10.5 Å². The summed E-state index contributed by atoms with van der Waals surface area (Å²) < 4.78 is 30.0. The molecule has 21 heavy (non-hydrogen) atoms. The first-order valence-electron chi connectivity index (χ1n) is 7.01. The van der Waals surface area contributed by atoms with Gasteiger partial charge in [-0.2, -0.15) is 0 Å². The molecule has 1 amide bonds. The summed E-state index contributed by atoms with van der Waals surface area (Å²) in [6.07, 6.45) is 3.75. The molecule has 0 aliphatic carbocycles. The molecule has 3 atom stereocenters. The van der Waals surface area contributed by atoms with Gasteiger partial charge in [0, 0.05) is 25.7 Å². The van der Waals surface area contributed by atoms with Crippen LogP contribution >= 0.6 is 12.4 Å². The monoisotopic (exact) mass is 341 g/mol. The third kappa shape index (κ3) is 5.07. The van der Waals surface area contributed by atoms with Crippen molar-refractivity contribution in [2.45, 2.75) is 43.9 Å². The molecule has 7 nitrogen and oxygen atoms in total. The Kier molecular flexibility index (Phi) is 6.86. The van der Waals surface area contributed by atoms with Gasteiger partial charge >= 0.3 is 0 Å². The summed E-state index contributed by atoms with van der Waals surface area (Å²) in [5.41, 5.74) is 5.52. The van der Waals surface area contributed by atoms with Gasteiger partial charge in [-0.25, -0.2) is 12.7 Å². The maximum absolute atomic E-state index is 12.1. The summed E-state index contributed by atoms with van der Waals surface area (Å²) in [6, 6.07) is -0.133. The van der Waals surface area contributed by atoms with Crippen molar-refractivity contribution in [3.8, 4) is 0 Å². The number of nitrogens with two attached hydrogens (primary N) is 1. The van der Waals surface area contributed by atoms with Crippen LogP contribution < -0.4 is 11.1 Å². The van der Waals surface area contributed by atoms with Crippen LogP contribution in [0.1, 0.15) is 25.7 Å². The van der Waals surface area contributed by atoms with Crippen molar-refractivity contribution in [3.63, 3.8) is 0 Å². The fourth-order valence-corrected chi connectivity index (χ4v) is 3.64. The average molecular weight is 342 g/mol. The summed E-state index contributed by atoms with van der Waals surface area (Å²) in [4.78, 5) is 12.1. The SMILES string of the molecule is CS(=O)(=O)N1CCCC(NC(=O)[C@@H]2CC[C@H](CN)O2)C1.Cl. The number of nitrogens with one attached hydrogen (secondary N) is 1. The van der Waals surface area contributed by atoms with E-state index in [1.54, 1.807) is 0 Å². The topological polar surface area (TPSA) is 102 Å². The van der Waals surface area contributed by atoms with Crippen LogP contribution in [-0.4, -0.2) is 62.8 Å². The van der Waals surface area contributed by atoms with Crippen molar-refractivity contribution in [2.75, 3.05) is 25.9 Å². The molecule has 0 aromatic heterocycles. The van der Waals surface area contributed by atoms with E-state index in [0.29, 0.717) is 26.1 Å². The molecule has 2 fully saturated rings. The Morgan fingerprint density at radius 3 is 2.67 bits per heavy atom. The van der Waals surface area contributed by atoms with Crippen molar-refractivity contribution < 1.29 is 17.9 Å². The molecular weight excluding hydrogens is 318 g/mol. The van der Waals surface area contributed by atoms with Gasteiger partial charge in [-0.15, -0.1) is 12.4 Å². The Morgan fingerprint density at radius 1 is 1.38 bits per heavy atom. The second-order valence-corrected chi connectivity index (χ2v) is 7.51. The Hall–Kier alpha value is -0.410. The fourth-order valence-electron chi connectivity index (χ4n) is 2.73. The highest BCUT2D eigenvalue weighted by Crippen LogP contribution is 2.20. The minimum absolute atomic E-state index is 0. The van der Waals surface area contributed by atoms with Crippen LogP contribution in [0.2, 0.25) is 0 Å². The first-order chi connectivity index (χ1) is 9.40. The number of amides is 1. The second kappa shape index (κ2) is 7.73. The van der Waals surface area contributed by atoms with Crippen molar-refractivity contribution in [3.05, 3.63) is 0 Å². The molecule has 2 aliphatic heterocycles. The number of sulfonamides is 1. The third-order valence-electron chi connectivity index (χ3n) is 3.86. The Balaban J connectivity index is 0.00000220. The zero-order valence-corrected chi connectivity index (χ0v) is 13.8. The van der Waals surface area contributed by atoms with Gasteiger partial charge in [-0.1, -0.05) is 0 Å². The molecule has 0 saturated carbocycles. The van der Waals surface area contributed by atoms with Gasteiger partial charge in [-0.3, -0.25) is 4.79 Å². The number of carbonyl (C=O) groups excluding carboxylic acids is 1. The lowest BCUT2D eigenvalue weighted by atomic mass is 10.1. The molecule has 0 radical (unpaired) electrons. The van der Waals surface area contributed by atoms with Crippen molar-refractivity contribution in [1.29, 1.82) is 0 Å². The quantitative estimate of drug-likeness (QED) is 0.714. The number of rotatable bonds is 4. The number of hydrogen-bond donors (Lipinski definition) is 2. The van der Waals surface area contributed by atoms with Crippen molar-refractivity contribution in [1.82, 2.24) is 9.62 Å². The van der Waals surface area contributed by atoms with Crippen LogP contribution in [0.3, 0.4) is 0 Å². The molecule has 2 rings (SSSR count). The molecule has 0 aromatic carbocycles. The van der Waals surface area contributed by atoms with E-state index in [9.17, 15) is 13.2 Å². The number of carbonyl (C=O) groups is 1. The molecular formula is C12H24ClN3O4S. The van der Waals surface area contributed by atoms with Crippen LogP contribution in [-0.2, 0) is 19.6 Å². The Bertz CT molecular complexity index is 459. The normalized spacial score (nSPS) is 30.7. The van der Waals surface area contributed by atoms with Gasteiger partial charge in [-0.05, 0) is 25.7 Å². The molecule has 2 saturated heterocycles. The summed E-state index contributed by atoms with van der Waals surface area (Å²) >= 11 is 0. The van der Waals surface area contributed by atoms with Gasteiger partial charge in [0.05, 0.1) is 12.4 Å². The highest BCUT2D eigenvalue weighted by atomic mass is 35.5. The minimum atomic E-state index is -3.19. The zero-order valence-electron chi connectivity index (χ0n) is 12.2. The lowest BCUT2D eigenvalue weighted by Gasteiger charge is -2.31. The Morgan fingerprint density at radius 2 is 2.10 bits per heavy atom. The van der Waals surface area contributed by atoms with Gasteiger partial charge < -0.3 is 15.8 Å². The molecule has 2 heterocycles. The summed E-state index contributed by atoms with van der Waals surface area (Å²) in [5, 5.41) is 2.90. The molecule has 0 bridgehead atoms. The number of ether oxygens (including phenoxy) is 1. The van der Waals surface area contributed by atoms with Gasteiger partial charge in [0.25, 0.3) is 0 Å². The summed E-state index contributed by atoms with van der Waals surface area (Å²) in [5.74, 6) is -0.152. The largest absolute Gasteiger partial charge is 0.364 e.